The summed E-state index contributed by atoms with van der Waals surface area (Å²) in [6, 6.07) is 0. The van der Waals surface area contributed by atoms with Crippen LogP contribution in [0.5, 0.6) is 0 Å². The van der Waals surface area contributed by atoms with Gasteiger partial charge in [0.1, 0.15) is 0 Å². The Morgan fingerprint density at radius 2 is 1.82 bits per heavy atom. The molecule has 1 atom stereocenters. The van der Waals surface area contributed by atoms with Gasteiger partial charge >= 0.3 is 0 Å². The van der Waals surface area contributed by atoms with E-state index in [4.69, 9.17) is 9.47 Å². The first-order chi connectivity index (χ1) is 10.6. The maximum absolute atomic E-state index is 5.69. The van der Waals surface area contributed by atoms with Crippen molar-refractivity contribution in [3.05, 3.63) is 0 Å². The Morgan fingerprint density at radius 1 is 1.14 bits per heavy atom. The van der Waals surface area contributed by atoms with Crippen LogP contribution < -0.4 is 0 Å². The lowest BCUT2D eigenvalue weighted by Gasteiger charge is -2.32. The van der Waals surface area contributed by atoms with Crippen molar-refractivity contribution >= 4 is 0 Å². The summed E-state index contributed by atoms with van der Waals surface area (Å²) in [5.41, 5.74) is 0. The van der Waals surface area contributed by atoms with E-state index < -0.39 is 0 Å². The fourth-order valence-electron chi connectivity index (χ4n) is 2.40. The third-order valence-electron chi connectivity index (χ3n) is 4.07. The lowest BCUT2D eigenvalue weighted by atomic mass is 10.2. The van der Waals surface area contributed by atoms with Crippen molar-refractivity contribution in [2.24, 2.45) is 0 Å². The van der Waals surface area contributed by atoms with Crippen molar-refractivity contribution in [1.82, 2.24) is 14.7 Å². The molecule has 1 saturated heterocycles. The molecule has 1 unspecified atom stereocenters. The van der Waals surface area contributed by atoms with Crippen LogP contribution in [0.1, 0.15) is 27.2 Å². The smallest absolute Gasteiger partial charge is 0.0714 e. The minimum atomic E-state index is 0.455. The maximum Gasteiger partial charge on any atom is 0.0714 e. The predicted molar refractivity (Wildman–Crippen MR) is 94.7 cm³/mol. The van der Waals surface area contributed by atoms with Crippen LogP contribution in [0, 0.1) is 0 Å². The molecule has 1 aliphatic heterocycles. The van der Waals surface area contributed by atoms with Gasteiger partial charge in [-0.25, -0.2) is 0 Å². The molecule has 134 valence electrons. The maximum atomic E-state index is 5.69. The second kappa shape index (κ2) is 14.4. The van der Waals surface area contributed by atoms with E-state index in [2.05, 4.69) is 49.6 Å². The van der Waals surface area contributed by atoms with E-state index in [-0.39, 0.29) is 0 Å². The number of hydrogen-bond donors (Lipinski definition) is 0. The predicted octanol–water partition coefficient (Wildman–Crippen LogP) is 1.63. The third kappa shape index (κ3) is 11.4. The van der Waals surface area contributed by atoms with Gasteiger partial charge in [0.05, 0.1) is 19.3 Å². The summed E-state index contributed by atoms with van der Waals surface area (Å²) in [7, 11) is 5.96. The Hall–Kier alpha value is -0.200. The Balaban J connectivity index is 0.000000433. The zero-order valence-electron chi connectivity index (χ0n) is 15.8. The Kier molecular flexibility index (Phi) is 14.3. The van der Waals surface area contributed by atoms with E-state index in [1.54, 1.807) is 7.11 Å². The molecule has 0 saturated carbocycles. The summed E-state index contributed by atoms with van der Waals surface area (Å²) in [5.74, 6) is 0. The summed E-state index contributed by atoms with van der Waals surface area (Å²) >= 11 is 0. The molecule has 0 aliphatic carbocycles. The van der Waals surface area contributed by atoms with Gasteiger partial charge in [-0.15, -0.1) is 0 Å². The number of nitrogens with zero attached hydrogens (tertiary/aromatic N) is 3. The summed E-state index contributed by atoms with van der Waals surface area (Å²) < 4.78 is 10.6. The summed E-state index contributed by atoms with van der Waals surface area (Å²) in [4.78, 5) is 7.02. The molecule has 22 heavy (non-hydrogen) atoms. The van der Waals surface area contributed by atoms with Crippen LogP contribution in [0.15, 0.2) is 0 Å². The highest BCUT2D eigenvalue weighted by Crippen LogP contribution is 2.08. The Labute approximate surface area is 138 Å². The number of methoxy groups -OCH3 is 1. The lowest BCUT2D eigenvalue weighted by Crippen LogP contribution is -2.43. The summed E-state index contributed by atoms with van der Waals surface area (Å²) in [5, 5.41) is 0. The second-order valence-corrected chi connectivity index (χ2v) is 6.00. The molecule has 1 aliphatic rings. The normalized spacial score (nSPS) is 19.4. The SMILES string of the molecule is CCN(CC)CCOC.CCN1CCOC(CCN(C)C)C1. The molecule has 5 nitrogen and oxygen atoms in total. The van der Waals surface area contributed by atoms with Crippen LogP contribution in [0.4, 0.5) is 0 Å². The lowest BCUT2D eigenvalue weighted by molar-refractivity contribution is -0.0325. The minimum Gasteiger partial charge on any atom is -0.383 e. The fourth-order valence-corrected chi connectivity index (χ4v) is 2.40. The Bertz CT molecular complexity index is 236. The van der Waals surface area contributed by atoms with E-state index in [1.165, 1.54) is 0 Å². The zero-order valence-corrected chi connectivity index (χ0v) is 15.8. The van der Waals surface area contributed by atoms with Crippen molar-refractivity contribution in [3.8, 4) is 0 Å². The third-order valence-corrected chi connectivity index (χ3v) is 4.07. The van der Waals surface area contributed by atoms with Crippen molar-refractivity contribution in [3.63, 3.8) is 0 Å². The van der Waals surface area contributed by atoms with Crippen molar-refractivity contribution < 1.29 is 9.47 Å². The van der Waals surface area contributed by atoms with Gasteiger partial charge in [0.2, 0.25) is 0 Å². The standard InChI is InChI=1S/C10H22N2O.C7H17NO/c1-4-12-7-8-13-10(9-12)5-6-11(2)3;1-4-8(5-2)6-7-9-3/h10H,4-9H2,1-3H3;4-7H2,1-3H3. The highest BCUT2D eigenvalue weighted by molar-refractivity contribution is 4.71. The molecule has 0 aromatic rings. The van der Waals surface area contributed by atoms with Gasteiger partial charge in [-0.2, -0.15) is 0 Å². The van der Waals surface area contributed by atoms with E-state index >= 15 is 0 Å². The molecule has 0 N–H and O–H groups in total. The Morgan fingerprint density at radius 3 is 2.32 bits per heavy atom. The highest BCUT2D eigenvalue weighted by Gasteiger charge is 2.18. The number of rotatable bonds is 9. The van der Waals surface area contributed by atoms with Gasteiger partial charge in [0.15, 0.2) is 0 Å². The van der Waals surface area contributed by atoms with Crippen molar-refractivity contribution in [2.75, 3.05) is 80.2 Å². The average molecular weight is 318 g/mol. The van der Waals surface area contributed by atoms with E-state index in [0.29, 0.717) is 6.10 Å². The molecule has 1 rings (SSSR count). The van der Waals surface area contributed by atoms with Gasteiger partial charge in [-0.05, 0) is 40.2 Å². The quantitative estimate of drug-likeness (QED) is 0.644. The molecule has 0 radical (unpaired) electrons. The van der Waals surface area contributed by atoms with Crippen LogP contribution in [0.25, 0.3) is 0 Å². The van der Waals surface area contributed by atoms with E-state index in [0.717, 1.165) is 65.4 Å². The molecule has 0 aromatic heterocycles. The average Bonchev–Trinajstić information content (AvgIpc) is 2.55. The molecular formula is C17H39N3O2. The zero-order chi connectivity index (χ0) is 16.8. The minimum absolute atomic E-state index is 0.455. The highest BCUT2D eigenvalue weighted by atomic mass is 16.5. The monoisotopic (exact) mass is 317 g/mol. The van der Waals surface area contributed by atoms with Gasteiger partial charge in [-0.3, -0.25) is 4.90 Å². The largest absolute Gasteiger partial charge is 0.383 e. The molecular weight excluding hydrogens is 278 g/mol. The van der Waals surface area contributed by atoms with Crippen molar-refractivity contribution in [1.29, 1.82) is 0 Å². The van der Waals surface area contributed by atoms with Crippen LogP contribution in [0.2, 0.25) is 0 Å². The summed E-state index contributed by atoms with van der Waals surface area (Å²) in [6.07, 6.45) is 1.61. The second-order valence-electron chi connectivity index (χ2n) is 6.00. The fraction of sp³-hybridized carbons (Fsp3) is 1.00. The first kappa shape index (κ1) is 21.8. The number of likely N-dealkylation sites (N-methyl/N-ethyl adjacent to an activating group) is 2. The molecule has 0 amide bonds. The van der Waals surface area contributed by atoms with Crippen LogP contribution in [0.3, 0.4) is 0 Å². The molecule has 5 heteroatoms. The molecule has 1 fully saturated rings. The van der Waals surface area contributed by atoms with Gasteiger partial charge in [0, 0.05) is 33.3 Å². The van der Waals surface area contributed by atoms with E-state index in [1.807, 2.05) is 0 Å². The van der Waals surface area contributed by atoms with E-state index in [9.17, 15) is 0 Å². The first-order valence-corrected chi connectivity index (χ1v) is 8.77. The van der Waals surface area contributed by atoms with Crippen LogP contribution in [-0.2, 0) is 9.47 Å². The molecule has 0 aromatic carbocycles. The summed E-state index contributed by atoms with van der Waals surface area (Å²) in [6.45, 7) is 16.1. The van der Waals surface area contributed by atoms with Gasteiger partial charge < -0.3 is 19.3 Å². The van der Waals surface area contributed by atoms with Crippen LogP contribution in [-0.4, -0.2) is 101 Å². The number of morpholine rings is 1. The first-order valence-electron chi connectivity index (χ1n) is 8.77. The molecule has 0 spiro atoms. The van der Waals surface area contributed by atoms with Crippen molar-refractivity contribution in [2.45, 2.75) is 33.3 Å². The van der Waals surface area contributed by atoms with Gasteiger partial charge in [0.25, 0.3) is 0 Å². The molecule has 0 bridgehead atoms. The van der Waals surface area contributed by atoms with Gasteiger partial charge in [-0.1, -0.05) is 20.8 Å². The molecule has 1 heterocycles. The topological polar surface area (TPSA) is 28.2 Å². The number of ether oxygens (including phenoxy) is 2. The van der Waals surface area contributed by atoms with Crippen LogP contribution >= 0.6 is 0 Å². The number of hydrogen-bond acceptors (Lipinski definition) is 5.